The second kappa shape index (κ2) is 2.82. The fraction of sp³-hybridized carbons (Fsp3) is 0.667. The van der Waals surface area contributed by atoms with Crippen LogP contribution in [0.4, 0.5) is 0 Å². The SMILES string of the molecule is c1cc(CN2CCOC3CC32)on1. The molecule has 1 saturated carbocycles. The molecule has 1 aliphatic carbocycles. The smallest absolute Gasteiger partial charge is 0.150 e. The molecule has 0 N–H and O–H groups in total. The minimum absolute atomic E-state index is 0.497. The van der Waals surface area contributed by atoms with Gasteiger partial charge in [-0.15, -0.1) is 0 Å². The zero-order valence-corrected chi connectivity index (χ0v) is 7.35. The second-order valence-corrected chi connectivity index (χ2v) is 3.66. The number of aromatic nitrogens is 1. The fourth-order valence-corrected chi connectivity index (χ4v) is 1.93. The van der Waals surface area contributed by atoms with Gasteiger partial charge >= 0.3 is 0 Å². The van der Waals surface area contributed by atoms with Crippen LogP contribution < -0.4 is 0 Å². The first-order chi connectivity index (χ1) is 6.43. The van der Waals surface area contributed by atoms with E-state index in [4.69, 9.17) is 9.26 Å². The van der Waals surface area contributed by atoms with Crippen molar-refractivity contribution in [2.45, 2.75) is 25.1 Å². The van der Waals surface area contributed by atoms with Gasteiger partial charge in [-0.2, -0.15) is 0 Å². The molecule has 0 bridgehead atoms. The summed E-state index contributed by atoms with van der Waals surface area (Å²) >= 11 is 0. The number of morpholine rings is 1. The van der Waals surface area contributed by atoms with Gasteiger partial charge in [0, 0.05) is 18.7 Å². The molecule has 0 radical (unpaired) electrons. The number of rotatable bonds is 2. The Bertz CT molecular complexity index is 286. The Labute approximate surface area is 76.4 Å². The summed E-state index contributed by atoms with van der Waals surface area (Å²) in [6.45, 7) is 2.75. The normalized spacial score (nSPS) is 32.9. The third kappa shape index (κ3) is 1.36. The van der Waals surface area contributed by atoms with E-state index in [0.29, 0.717) is 12.1 Å². The van der Waals surface area contributed by atoms with Gasteiger partial charge < -0.3 is 9.26 Å². The van der Waals surface area contributed by atoms with Crippen molar-refractivity contribution in [1.29, 1.82) is 0 Å². The topological polar surface area (TPSA) is 38.5 Å². The first-order valence-electron chi connectivity index (χ1n) is 4.69. The number of hydrogen-bond acceptors (Lipinski definition) is 4. The lowest BCUT2D eigenvalue weighted by atomic mass is 10.3. The molecular weight excluding hydrogens is 168 g/mol. The van der Waals surface area contributed by atoms with Crippen LogP contribution >= 0.6 is 0 Å². The van der Waals surface area contributed by atoms with E-state index in [-0.39, 0.29) is 0 Å². The molecule has 0 amide bonds. The lowest BCUT2D eigenvalue weighted by molar-refractivity contribution is 0.0245. The minimum atomic E-state index is 0.497. The van der Waals surface area contributed by atoms with Crippen LogP contribution in [0.2, 0.25) is 0 Å². The highest BCUT2D eigenvalue weighted by molar-refractivity contribution is 5.02. The van der Waals surface area contributed by atoms with Gasteiger partial charge in [0.15, 0.2) is 5.76 Å². The Kier molecular flexibility index (Phi) is 1.63. The standard InChI is InChI=1S/C9H12N2O2/c1-2-10-13-7(1)6-11-3-4-12-9-5-8(9)11/h1-2,8-9H,3-6H2. The third-order valence-corrected chi connectivity index (χ3v) is 2.73. The Morgan fingerprint density at radius 2 is 2.62 bits per heavy atom. The summed E-state index contributed by atoms with van der Waals surface area (Å²) in [6.07, 6.45) is 3.38. The van der Waals surface area contributed by atoms with Crippen LogP contribution in [0.1, 0.15) is 12.2 Å². The van der Waals surface area contributed by atoms with Crippen LogP contribution in [0.15, 0.2) is 16.8 Å². The Balaban J connectivity index is 1.66. The molecule has 2 atom stereocenters. The van der Waals surface area contributed by atoms with Crippen molar-refractivity contribution in [3.05, 3.63) is 18.0 Å². The summed E-state index contributed by atoms with van der Waals surface area (Å²) in [4.78, 5) is 2.41. The molecule has 1 aliphatic heterocycles. The molecule has 1 aromatic rings. The molecule has 4 heteroatoms. The lowest BCUT2D eigenvalue weighted by Gasteiger charge is -2.24. The molecule has 2 fully saturated rings. The quantitative estimate of drug-likeness (QED) is 0.669. The summed E-state index contributed by atoms with van der Waals surface area (Å²) < 4.78 is 10.6. The number of ether oxygens (including phenoxy) is 1. The number of fused-ring (bicyclic) bond motifs is 1. The van der Waals surface area contributed by atoms with E-state index in [1.165, 1.54) is 6.42 Å². The summed E-state index contributed by atoms with van der Waals surface area (Å²) in [7, 11) is 0. The van der Waals surface area contributed by atoms with Crippen LogP contribution in [0, 0.1) is 0 Å². The molecule has 1 saturated heterocycles. The van der Waals surface area contributed by atoms with Crippen LogP contribution in [0.25, 0.3) is 0 Å². The van der Waals surface area contributed by atoms with E-state index in [1.807, 2.05) is 6.07 Å². The van der Waals surface area contributed by atoms with E-state index in [1.54, 1.807) is 6.20 Å². The Hall–Kier alpha value is -0.870. The second-order valence-electron chi connectivity index (χ2n) is 3.66. The summed E-state index contributed by atoms with van der Waals surface area (Å²) in [6, 6.07) is 2.56. The fourth-order valence-electron chi connectivity index (χ4n) is 1.93. The highest BCUT2D eigenvalue weighted by Crippen LogP contribution is 2.35. The summed E-state index contributed by atoms with van der Waals surface area (Å²) in [5.41, 5.74) is 0. The van der Waals surface area contributed by atoms with Gasteiger partial charge in [0.1, 0.15) is 0 Å². The first kappa shape index (κ1) is 7.53. The van der Waals surface area contributed by atoms with Crippen LogP contribution in [0.3, 0.4) is 0 Å². The molecule has 0 aromatic carbocycles. The molecule has 3 rings (SSSR count). The largest absolute Gasteiger partial charge is 0.375 e. The van der Waals surface area contributed by atoms with Gasteiger partial charge in [-0.3, -0.25) is 4.90 Å². The Morgan fingerprint density at radius 1 is 1.62 bits per heavy atom. The highest BCUT2D eigenvalue weighted by Gasteiger charge is 2.45. The molecule has 13 heavy (non-hydrogen) atoms. The zero-order chi connectivity index (χ0) is 8.67. The van der Waals surface area contributed by atoms with E-state index in [2.05, 4.69) is 10.1 Å². The molecule has 4 nitrogen and oxygen atoms in total. The van der Waals surface area contributed by atoms with Gasteiger partial charge in [-0.25, -0.2) is 0 Å². The van der Waals surface area contributed by atoms with Crippen molar-refractivity contribution in [3.63, 3.8) is 0 Å². The van der Waals surface area contributed by atoms with Crippen LogP contribution in [-0.2, 0) is 11.3 Å². The van der Waals surface area contributed by atoms with Crippen molar-refractivity contribution in [3.8, 4) is 0 Å². The minimum Gasteiger partial charge on any atom is -0.375 e. The number of hydrogen-bond donors (Lipinski definition) is 0. The van der Waals surface area contributed by atoms with Crippen molar-refractivity contribution < 1.29 is 9.26 Å². The summed E-state index contributed by atoms with van der Waals surface area (Å²) in [5, 5.41) is 3.69. The predicted molar refractivity (Wildman–Crippen MR) is 45.1 cm³/mol. The van der Waals surface area contributed by atoms with Gasteiger partial charge in [0.05, 0.1) is 25.5 Å². The molecule has 0 spiro atoms. The maximum Gasteiger partial charge on any atom is 0.150 e. The number of nitrogens with zero attached hydrogens (tertiary/aromatic N) is 2. The van der Waals surface area contributed by atoms with E-state index >= 15 is 0 Å². The summed E-state index contributed by atoms with van der Waals surface area (Å²) in [5.74, 6) is 0.951. The van der Waals surface area contributed by atoms with E-state index in [0.717, 1.165) is 25.5 Å². The average Bonchev–Trinajstić information content (AvgIpc) is 2.77. The van der Waals surface area contributed by atoms with Gasteiger partial charge in [0.25, 0.3) is 0 Å². The molecule has 2 unspecified atom stereocenters. The maximum atomic E-state index is 5.51. The zero-order valence-electron chi connectivity index (χ0n) is 7.35. The van der Waals surface area contributed by atoms with Gasteiger partial charge in [0.2, 0.25) is 0 Å². The maximum absolute atomic E-state index is 5.51. The predicted octanol–water partition coefficient (Wildman–Crippen LogP) is 0.648. The van der Waals surface area contributed by atoms with Gasteiger partial charge in [-0.1, -0.05) is 5.16 Å². The molecular formula is C9H12N2O2. The van der Waals surface area contributed by atoms with E-state index in [9.17, 15) is 0 Å². The van der Waals surface area contributed by atoms with E-state index < -0.39 is 0 Å². The molecule has 2 heterocycles. The highest BCUT2D eigenvalue weighted by atomic mass is 16.5. The monoisotopic (exact) mass is 180 g/mol. The third-order valence-electron chi connectivity index (χ3n) is 2.73. The Morgan fingerprint density at radius 3 is 3.46 bits per heavy atom. The molecule has 1 aromatic heterocycles. The van der Waals surface area contributed by atoms with Crippen molar-refractivity contribution in [2.24, 2.45) is 0 Å². The lowest BCUT2D eigenvalue weighted by Crippen LogP contribution is -2.35. The van der Waals surface area contributed by atoms with Crippen LogP contribution in [-0.4, -0.2) is 35.4 Å². The molecule has 70 valence electrons. The van der Waals surface area contributed by atoms with Crippen molar-refractivity contribution in [2.75, 3.05) is 13.2 Å². The van der Waals surface area contributed by atoms with Gasteiger partial charge in [-0.05, 0) is 6.42 Å². The van der Waals surface area contributed by atoms with Crippen LogP contribution in [0.5, 0.6) is 0 Å². The average molecular weight is 180 g/mol. The molecule has 2 aliphatic rings. The van der Waals surface area contributed by atoms with Crippen molar-refractivity contribution in [1.82, 2.24) is 10.1 Å². The first-order valence-corrected chi connectivity index (χ1v) is 4.69. The van der Waals surface area contributed by atoms with Crippen molar-refractivity contribution >= 4 is 0 Å².